The molecule has 0 radical (unpaired) electrons. The third kappa shape index (κ3) is 1.94. The summed E-state index contributed by atoms with van der Waals surface area (Å²) in [4.78, 5) is 13.8. The summed E-state index contributed by atoms with van der Waals surface area (Å²) in [6.45, 7) is 0.318. The fraction of sp³-hybridized carbons (Fsp3) is 0.188. The highest BCUT2D eigenvalue weighted by atomic mass is 16.5. The van der Waals surface area contributed by atoms with E-state index in [0.29, 0.717) is 23.4 Å². The van der Waals surface area contributed by atoms with E-state index in [1.807, 2.05) is 30.3 Å². The fourth-order valence-corrected chi connectivity index (χ4v) is 2.53. The van der Waals surface area contributed by atoms with Crippen molar-refractivity contribution in [2.45, 2.75) is 12.8 Å². The molecule has 1 unspecified atom stereocenters. The molecule has 1 atom stereocenters. The number of ether oxygens (including phenoxy) is 1. The van der Waals surface area contributed by atoms with Gasteiger partial charge in [-0.1, -0.05) is 36.4 Å². The van der Waals surface area contributed by atoms with E-state index < -0.39 is 6.23 Å². The summed E-state index contributed by atoms with van der Waals surface area (Å²) in [6.07, 6.45) is -0.899. The van der Waals surface area contributed by atoms with Crippen molar-refractivity contribution in [2.75, 3.05) is 7.11 Å². The molecule has 0 spiro atoms. The summed E-state index contributed by atoms with van der Waals surface area (Å²) in [5.74, 6) is 0.558. The molecule has 20 heavy (non-hydrogen) atoms. The van der Waals surface area contributed by atoms with Crippen LogP contribution < -0.4 is 4.74 Å². The number of carbonyl (C=O) groups is 1. The molecule has 1 amide bonds. The van der Waals surface area contributed by atoms with Gasteiger partial charge in [-0.05, 0) is 12.1 Å². The number of aliphatic hydroxyl groups is 1. The van der Waals surface area contributed by atoms with Gasteiger partial charge in [-0.3, -0.25) is 4.79 Å². The second-order valence-corrected chi connectivity index (χ2v) is 4.71. The first-order chi connectivity index (χ1) is 9.72. The highest BCUT2D eigenvalue weighted by Crippen LogP contribution is 2.33. The Morgan fingerprint density at radius 1 is 1.15 bits per heavy atom. The number of carbonyl (C=O) groups excluding carboxylic acids is 1. The lowest BCUT2D eigenvalue weighted by Crippen LogP contribution is -2.27. The van der Waals surface area contributed by atoms with Crippen molar-refractivity contribution in [3.05, 3.63) is 65.2 Å². The van der Waals surface area contributed by atoms with Gasteiger partial charge in [-0.15, -0.1) is 0 Å². The minimum absolute atomic E-state index is 0.154. The van der Waals surface area contributed by atoms with Crippen LogP contribution in [0.1, 0.15) is 27.7 Å². The van der Waals surface area contributed by atoms with E-state index in [4.69, 9.17) is 4.74 Å². The summed E-state index contributed by atoms with van der Waals surface area (Å²) < 4.78 is 5.28. The van der Waals surface area contributed by atoms with Gasteiger partial charge in [-0.2, -0.15) is 0 Å². The lowest BCUT2D eigenvalue weighted by atomic mass is 10.1. The second kappa shape index (κ2) is 4.98. The van der Waals surface area contributed by atoms with Gasteiger partial charge in [0.1, 0.15) is 5.75 Å². The van der Waals surface area contributed by atoms with Gasteiger partial charge >= 0.3 is 0 Å². The first-order valence-corrected chi connectivity index (χ1v) is 6.42. The van der Waals surface area contributed by atoms with Crippen molar-refractivity contribution in [2.24, 2.45) is 0 Å². The number of rotatable bonds is 3. The van der Waals surface area contributed by atoms with E-state index in [2.05, 4.69) is 0 Å². The van der Waals surface area contributed by atoms with Gasteiger partial charge in [0.2, 0.25) is 0 Å². The smallest absolute Gasteiger partial charge is 0.256 e. The number of fused-ring (bicyclic) bond motifs is 1. The molecule has 1 aliphatic heterocycles. The van der Waals surface area contributed by atoms with Gasteiger partial charge in [0.15, 0.2) is 6.23 Å². The maximum atomic E-state index is 12.3. The number of hydrogen-bond acceptors (Lipinski definition) is 3. The molecular formula is C16H15NO3. The minimum Gasteiger partial charge on any atom is -0.496 e. The monoisotopic (exact) mass is 269 g/mol. The van der Waals surface area contributed by atoms with E-state index in [1.165, 1.54) is 4.90 Å². The Morgan fingerprint density at radius 2 is 1.85 bits per heavy atom. The predicted octanol–water partition coefficient (Wildman–Crippen LogP) is 2.34. The van der Waals surface area contributed by atoms with Crippen LogP contribution in [0.4, 0.5) is 0 Å². The van der Waals surface area contributed by atoms with Crippen LogP contribution in [0.25, 0.3) is 0 Å². The lowest BCUT2D eigenvalue weighted by Gasteiger charge is -2.22. The van der Waals surface area contributed by atoms with Crippen LogP contribution >= 0.6 is 0 Å². The van der Waals surface area contributed by atoms with Gasteiger partial charge < -0.3 is 14.7 Å². The SMILES string of the molecule is COc1ccccc1CN1C(=O)c2ccccc2C1O. The average Bonchev–Trinajstić information content (AvgIpc) is 2.73. The zero-order valence-electron chi connectivity index (χ0n) is 11.1. The molecule has 1 heterocycles. The Balaban J connectivity index is 1.92. The van der Waals surface area contributed by atoms with Gasteiger partial charge in [0.05, 0.1) is 13.7 Å². The van der Waals surface area contributed by atoms with E-state index in [0.717, 1.165) is 5.56 Å². The third-order valence-corrected chi connectivity index (χ3v) is 3.56. The number of methoxy groups -OCH3 is 1. The van der Waals surface area contributed by atoms with Crippen molar-refractivity contribution in [3.63, 3.8) is 0 Å². The molecule has 0 saturated carbocycles. The number of hydrogen-bond donors (Lipinski definition) is 1. The van der Waals surface area contributed by atoms with Gasteiger partial charge in [0.25, 0.3) is 5.91 Å². The number of benzene rings is 2. The summed E-state index contributed by atoms with van der Waals surface area (Å²) in [5.41, 5.74) is 2.09. The number of para-hydroxylation sites is 1. The van der Waals surface area contributed by atoms with Gasteiger partial charge in [-0.25, -0.2) is 0 Å². The highest BCUT2D eigenvalue weighted by molar-refractivity contribution is 5.98. The Kier molecular flexibility index (Phi) is 3.16. The number of aliphatic hydroxyl groups excluding tert-OH is 1. The van der Waals surface area contributed by atoms with E-state index >= 15 is 0 Å². The van der Waals surface area contributed by atoms with Crippen LogP contribution in [0.15, 0.2) is 48.5 Å². The number of amides is 1. The van der Waals surface area contributed by atoms with Crippen molar-refractivity contribution >= 4 is 5.91 Å². The largest absolute Gasteiger partial charge is 0.496 e. The maximum absolute atomic E-state index is 12.3. The minimum atomic E-state index is -0.899. The molecule has 4 heteroatoms. The summed E-state index contributed by atoms with van der Waals surface area (Å²) in [6, 6.07) is 14.6. The molecule has 2 aromatic rings. The molecule has 2 aromatic carbocycles. The Morgan fingerprint density at radius 3 is 2.60 bits per heavy atom. The Labute approximate surface area is 117 Å². The molecule has 102 valence electrons. The van der Waals surface area contributed by atoms with Crippen LogP contribution in [0, 0.1) is 0 Å². The summed E-state index contributed by atoms with van der Waals surface area (Å²) in [7, 11) is 1.59. The molecule has 1 aliphatic rings. The molecule has 3 rings (SSSR count). The van der Waals surface area contributed by atoms with E-state index in [1.54, 1.807) is 25.3 Å². The normalized spacial score (nSPS) is 17.2. The second-order valence-electron chi connectivity index (χ2n) is 4.71. The number of nitrogens with zero attached hydrogens (tertiary/aromatic N) is 1. The molecule has 0 saturated heterocycles. The molecule has 0 aromatic heterocycles. The van der Waals surface area contributed by atoms with E-state index in [9.17, 15) is 9.90 Å². The predicted molar refractivity (Wildman–Crippen MR) is 74.3 cm³/mol. The van der Waals surface area contributed by atoms with Crippen LogP contribution in [-0.2, 0) is 6.54 Å². The van der Waals surface area contributed by atoms with Crippen LogP contribution in [0.2, 0.25) is 0 Å². The van der Waals surface area contributed by atoms with Crippen LogP contribution in [0.5, 0.6) is 5.75 Å². The highest BCUT2D eigenvalue weighted by Gasteiger charge is 2.35. The van der Waals surface area contributed by atoms with Crippen LogP contribution in [-0.4, -0.2) is 23.0 Å². The van der Waals surface area contributed by atoms with E-state index in [-0.39, 0.29) is 5.91 Å². The third-order valence-electron chi connectivity index (χ3n) is 3.56. The average molecular weight is 269 g/mol. The molecule has 0 bridgehead atoms. The topological polar surface area (TPSA) is 49.8 Å². The van der Waals surface area contributed by atoms with Crippen molar-refractivity contribution in [1.29, 1.82) is 0 Å². The zero-order valence-corrected chi connectivity index (χ0v) is 11.1. The molecule has 4 nitrogen and oxygen atoms in total. The van der Waals surface area contributed by atoms with Crippen molar-refractivity contribution in [1.82, 2.24) is 4.90 Å². The van der Waals surface area contributed by atoms with Crippen LogP contribution in [0.3, 0.4) is 0 Å². The fourth-order valence-electron chi connectivity index (χ4n) is 2.53. The zero-order chi connectivity index (χ0) is 14.1. The van der Waals surface area contributed by atoms with Crippen molar-refractivity contribution < 1.29 is 14.6 Å². The van der Waals surface area contributed by atoms with Crippen molar-refractivity contribution in [3.8, 4) is 5.75 Å². The standard InChI is InChI=1S/C16H15NO3/c1-20-14-9-5-2-6-11(14)10-17-15(18)12-7-3-4-8-13(12)16(17)19/h2-9,15,18H,10H2,1H3. The van der Waals surface area contributed by atoms with Gasteiger partial charge in [0, 0.05) is 16.7 Å². The quantitative estimate of drug-likeness (QED) is 0.930. The molecule has 1 N–H and O–H groups in total. The maximum Gasteiger partial charge on any atom is 0.256 e. The molecule has 0 aliphatic carbocycles. The summed E-state index contributed by atoms with van der Waals surface area (Å²) >= 11 is 0. The first kappa shape index (κ1) is 12.7. The first-order valence-electron chi connectivity index (χ1n) is 6.42. The molecular weight excluding hydrogens is 254 g/mol. The Hall–Kier alpha value is -2.33. The summed E-state index contributed by atoms with van der Waals surface area (Å²) in [5, 5.41) is 10.3. The lowest BCUT2D eigenvalue weighted by molar-refractivity contribution is 0.0135. The Bertz CT molecular complexity index is 654. The molecule has 0 fully saturated rings.